The van der Waals surface area contributed by atoms with Crippen LogP contribution in [0.15, 0.2) is 59.5 Å². The van der Waals surface area contributed by atoms with Gasteiger partial charge < -0.3 is 10.6 Å². The van der Waals surface area contributed by atoms with E-state index in [0.29, 0.717) is 28.0 Å². The Balaban J connectivity index is 1.38. The SMILES string of the molecule is NS(=O)(=O)c1ccc(NC(=O)CCc2nnc3sc(Nc4ccccc4)nn23)cc1. The average Bonchev–Trinajstić information content (AvgIpc) is 3.27. The molecule has 0 unspecified atom stereocenters. The highest BCUT2D eigenvalue weighted by molar-refractivity contribution is 7.89. The molecule has 0 aliphatic carbocycles. The number of aromatic nitrogens is 4. The summed E-state index contributed by atoms with van der Waals surface area (Å²) in [6, 6.07) is 15.3. The average molecular weight is 444 g/mol. The van der Waals surface area contributed by atoms with Gasteiger partial charge in [-0.25, -0.2) is 13.6 Å². The molecule has 12 heteroatoms. The number of aryl methyl sites for hydroxylation is 1. The number of fused-ring (bicyclic) bond motifs is 1. The Morgan fingerprint density at radius 1 is 1.03 bits per heavy atom. The lowest BCUT2D eigenvalue weighted by atomic mass is 10.2. The summed E-state index contributed by atoms with van der Waals surface area (Å²) in [5.41, 5.74) is 1.39. The number of nitrogens with zero attached hydrogens (tertiary/aromatic N) is 4. The lowest BCUT2D eigenvalue weighted by Gasteiger charge is -2.05. The highest BCUT2D eigenvalue weighted by atomic mass is 32.2. The summed E-state index contributed by atoms with van der Waals surface area (Å²) in [6.07, 6.45) is 0.507. The van der Waals surface area contributed by atoms with E-state index < -0.39 is 10.0 Å². The second kappa shape index (κ2) is 8.18. The van der Waals surface area contributed by atoms with Crippen molar-refractivity contribution in [3.05, 3.63) is 60.4 Å². The van der Waals surface area contributed by atoms with Crippen LogP contribution in [-0.4, -0.2) is 34.1 Å². The molecule has 154 valence electrons. The fourth-order valence-corrected chi connectivity index (χ4v) is 3.98. The van der Waals surface area contributed by atoms with Crippen LogP contribution in [0.2, 0.25) is 0 Å². The van der Waals surface area contributed by atoms with E-state index in [4.69, 9.17) is 5.14 Å². The molecule has 0 aliphatic rings. The number of carbonyl (C=O) groups excluding carboxylic acids is 1. The zero-order valence-corrected chi connectivity index (χ0v) is 17.2. The molecule has 2 aromatic carbocycles. The molecule has 0 fully saturated rings. The van der Waals surface area contributed by atoms with Crippen molar-refractivity contribution in [2.75, 3.05) is 10.6 Å². The molecule has 0 bridgehead atoms. The molecule has 0 radical (unpaired) electrons. The number of anilines is 3. The molecule has 2 heterocycles. The Labute approximate surface area is 175 Å². The van der Waals surface area contributed by atoms with E-state index in [1.807, 2.05) is 30.3 Å². The van der Waals surface area contributed by atoms with Gasteiger partial charge in [-0.3, -0.25) is 4.79 Å². The first-order valence-electron chi connectivity index (χ1n) is 8.84. The van der Waals surface area contributed by atoms with Gasteiger partial charge in [0.1, 0.15) is 0 Å². The third-order valence-electron chi connectivity index (χ3n) is 4.12. The van der Waals surface area contributed by atoms with Crippen LogP contribution in [0.5, 0.6) is 0 Å². The molecule has 4 N–H and O–H groups in total. The van der Waals surface area contributed by atoms with Crippen LogP contribution in [0.25, 0.3) is 4.96 Å². The summed E-state index contributed by atoms with van der Waals surface area (Å²) in [4.78, 5) is 12.8. The first kappa shape index (κ1) is 19.9. The maximum absolute atomic E-state index is 12.2. The van der Waals surface area contributed by atoms with Gasteiger partial charge in [0.25, 0.3) is 0 Å². The number of para-hydroxylation sites is 1. The van der Waals surface area contributed by atoms with Crippen LogP contribution in [-0.2, 0) is 21.2 Å². The monoisotopic (exact) mass is 443 g/mol. The Morgan fingerprint density at radius 3 is 2.47 bits per heavy atom. The quantitative estimate of drug-likeness (QED) is 0.397. The van der Waals surface area contributed by atoms with E-state index in [-0.39, 0.29) is 17.2 Å². The highest BCUT2D eigenvalue weighted by Crippen LogP contribution is 2.23. The predicted molar refractivity (Wildman–Crippen MR) is 113 cm³/mol. The molecule has 0 saturated carbocycles. The molecule has 30 heavy (non-hydrogen) atoms. The topological polar surface area (TPSA) is 144 Å². The number of nitrogens with one attached hydrogen (secondary N) is 2. The fourth-order valence-electron chi connectivity index (χ4n) is 2.69. The van der Waals surface area contributed by atoms with Crippen molar-refractivity contribution in [2.24, 2.45) is 5.14 Å². The molecular formula is C18H17N7O3S2. The van der Waals surface area contributed by atoms with Crippen molar-refractivity contribution in [3.8, 4) is 0 Å². The van der Waals surface area contributed by atoms with Gasteiger partial charge >= 0.3 is 0 Å². The third kappa shape index (κ3) is 4.62. The Morgan fingerprint density at radius 2 is 1.77 bits per heavy atom. The van der Waals surface area contributed by atoms with E-state index in [0.717, 1.165) is 5.69 Å². The first-order valence-corrected chi connectivity index (χ1v) is 11.2. The largest absolute Gasteiger partial charge is 0.330 e. The molecule has 0 aliphatic heterocycles. The lowest BCUT2D eigenvalue weighted by Crippen LogP contribution is -2.14. The smallest absolute Gasteiger partial charge is 0.238 e. The maximum Gasteiger partial charge on any atom is 0.238 e. The normalized spacial score (nSPS) is 11.5. The Bertz CT molecular complexity index is 1280. The van der Waals surface area contributed by atoms with Gasteiger partial charge in [-0.1, -0.05) is 29.5 Å². The van der Waals surface area contributed by atoms with E-state index in [2.05, 4.69) is 25.9 Å². The molecule has 4 rings (SSSR count). The molecule has 1 amide bonds. The van der Waals surface area contributed by atoms with E-state index >= 15 is 0 Å². The van der Waals surface area contributed by atoms with Crippen molar-refractivity contribution in [3.63, 3.8) is 0 Å². The van der Waals surface area contributed by atoms with Crippen LogP contribution in [0.1, 0.15) is 12.2 Å². The summed E-state index contributed by atoms with van der Waals surface area (Å²) in [7, 11) is -3.77. The first-order chi connectivity index (χ1) is 14.4. The molecule has 0 spiro atoms. The van der Waals surface area contributed by atoms with Gasteiger partial charge in [-0.2, -0.15) is 4.52 Å². The summed E-state index contributed by atoms with van der Waals surface area (Å²) in [6.45, 7) is 0. The molecule has 2 aromatic heterocycles. The number of nitrogens with two attached hydrogens (primary N) is 1. The second-order valence-electron chi connectivity index (χ2n) is 6.33. The summed E-state index contributed by atoms with van der Waals surface area (Å²) in [5.74, 6) is 0.329. The number of hydrogen-bond donors (Lipinski definition) is 3. The van der Waals surface area contributed by atoms with Crippen molar-refractivity contribution in [2.45, 2.75) is 17.7 Å². The van der Waals surface area contributed by atoms with E-state index in [1.165, 1.54) is 35.6 Å². The van der Waals surface area contributed by atoms with Gasteiger partial charge in [0, 0.05) is 24.2 Å². The Hall–Kier alpha value is -3.35. The molecule has 0 atom stereocenters. The summed E-state index contributed by atoms with van der Waals surface area (Å²) >= 11 is 1.36. The van der Waals surface area contributed by atoms with E-state index in [9.17, 15) is 13.2 Å². The molecular weight excluding hydrogens is 426 g/mol. The minimum absolute atomic E-state index is 0.0187. The number of carbonyl (C=O) groups is 1. The fraction of sp³-hybridized carbons (Fsp3) is 0.111. The molecule has 0 saturated heterocycles. The number of amides is 1. The maximum atomic E-state index is 12.2. The minimum Gasteiger partial charge on any atom is -0.330 e. The van der Waals surface area contributed by atoms with Crippen molar-refractivity contribution < 1.29 is 13.2 Å². The van der Waals surface area contributed by atoms with Crippen molar-refractivity contribution >= 4 is 48.7 Å². The van der Waals surface area contributed by atoms with Crippen LogP contribution in [0.4, 0.5) is 16.5 Å². The lowest BCUT2D eigenvalue weighted by molar-refractivity contribution is -0.116. The van der Waals surface area contributed by atoms with Gasteiger partial charge in [0.15, 0.2) is 5.82 Å². The van der Waals surface area contributed by atoms with E-state index in [1.54, 1.807) is 4.52 Å². The van der Waals surface area contributed by atoms with Crippen molar-refractivity contribution in [1.82, 2.24) is 19.8 Å². The number of rotatable bonds is 7. The molecule has 4 aromatic rings. The number of sulfonamides is 1. The van der Waals surface area contributed by atoms with Gasteiger partial charge in [-0.15, -0.1) is 15.3 Å². The summed E-state index contributed by atoms with van der Waals surface area (Å²) < 4.78 is 24.2. The van der Waals surface area contributed by atoms with Crippen LogP contribution < -0.4 is 15.8 Å². The Kier molecular flexibility index (Phi) is 5.44. The van der Waals surface area contributed by atoms with Crippen LogP contribution >= 0.6 is 11.3 Å². The zero-order chi connectivity index (χ0) is 21.1. The summed E-state index contributed by atoms with van der Waals surface area (Å²) in [5, 5.41) is 24.3. The highest BCUT2D eigenvalue weighted by Gasteiger charge is 2.14. The number of primary sulfonamides is 1. The zero-order valence-electron chi connectivity index (χ0n) is 15.5. The third-order valence-corrected chi connectivity index (χ3v) is 5.87. The van der Waals surface area contributed by atoms with Gasteiger partial charge in [-0.05, 0) is 36.4 Å². The predicted octanol–water partition coefficient (Wildman–Crippen LogP) is 2.15. The standard InChI is InChI=1S/C18H17N7O3S2/c19-30(27,28)14-8-6-13(7-9-14)20-16(26)11-10-15-22-23-18-25(15)24-17(29-18)21-12-4-2-1-3-5-12/h1-9H,10-11H2,(H,20,26)(H,21,24)(H2,19,27,28). The van der Waals surface area contributed by atoms with Crippen LogP contribution in [0.3, 0.4) is 0 Å². The van der Waals surface area contributed by atoms with Gasteiger partial charge in [0.2, 0.25) is 26.0 Å². The minimum atomic E-state index is -3.77. The number of benzene rings is 2. The molecule has 10 nitrogen and oxygen atoms in total. The van der Waals surface area contributed by atoms with Crippen molar-refractivity contribution in [1.29, 1.82) is 0 Å². The van der Waals surface area contributed by atoms with Gasteiger partial charge in [0.05, 0.1) is 4.90 Å². The van der Waals surface area contributed by atoms with Crippen LogP contribution in [0, 0.1) is 0 Å². The number of hydrogen-bond acceptors (Lipinski definition) is 8. The second-order valence-corrected chi connectivity index (χ2v) is 8.84.